The van der Waals surface area contributed by atoms with Crippen molar-refractivity contribution in [2.75, 3.05) is 46.5 Å². The third kappa shape index (κ3) is 6.93. The molecule has 1 aliphatic heterocycles. The molecule has 8 heteroatoms. The monoisotopic (exact) mass is 469 g/mol. The Labute approximate surface area is 164 Å². The van der Waals surface area contributed by atoms with Crippen LogP contribution in [0.1, 0.15) is 13.3 Å². The zero-order valence-electron chi connectivity index (χ0n) is 14.6. The average Bonchev–Trinajstić information content (AvgIpc) is 3.05. The fourth-order valence-electron chi connectivity index (χ4n) is 2.68. The average molecular weight is 469 g/mol. The van der Waals surface area contributed by atoms with E-state index in [-0.39, 0.29) is 24.0 Å². The molecule has 1 aliphatic rings. The van der Waals surface area contributed by atoms with Crippen molar-refractivity contribution in [3.63, 3.8) is 0 Å². The molecule has 0 spiro atoms. The molecule has 1 fully saturated rings. The van der Waals surface area contributed by atoms with E-state index in [9.17, 15) is 8.78 Å². The first-order valence-corrected chi connectivity index (χ1v) is 8.25. The summed E-state index contributed by atoms with van der Waals surface area (Å²) in [5.74, 6) is -0.126. The Morgan fingerprint density at radius 3 is 2.84 bits per heavy atom. The SMILES string of the molecule is CCOCC1CCN(C(=NC)NCCOc2ccc(F)c(F)c2)C1.I. The van der Waals surface area contributed by atoms with Gasteiger partial charge in [0.15, 0.2) is 17.6 Å². The molecule has 25 heavy (non-hydrogen) atoms. The van der Waals surface area contributed by atoms with Crippen LogP contribution >= 0.6 is 24.0 Å². The Kier molecular flexibility index (Phi) is 10.0. The predicted molar refractivity (Wildman–Crippen MR) is 105 cm³/mol. The van der Waals surface area contributed by atoms with Crippen molar-refractivity contribution in [2.24, 2.45) is 10.9 Å². The van der Waals surface area contributed by atoms with Gasteiger partial charge in [0.1, 0.15) is 12.4 Å². The Bertz CT molecular complexity index is 561. The molecule has 0 aliphatic carbocycles. The number of nitrogens with zero attached hydrogens (tertiary/aromatic N) is 2. The van der Waals surface area contributed by atoms with Crippen molar-refractivity contribution >= 4 is 29.9 Å². The van der Waals surface area contributed by atoms with E-state index >= 15 is 0 Å². The highest BCUT2D eigenvalue weighted by atomic mass is 127. The summed E-state index contributed by atoms with van der Waals surface area (Å²) >= 11 is 0. The molecule has 0 bridgehead atoms. The fraction of sp³-hybridized carbons (Fsp3) is 0.588. The number of likely N-dealkylation sites (tertiary alicyclic amines) is 1. The molecule has 1 atom stereocenters. The van der Waals surface area contributed by atoms with Crippen molar-refractivity contribution in [1.82, 2.24) is 10.2 Å². The van der Waals surface area contributed by atoms with E-state index in [0.717, 1.165) is 50.8 Å². The minimum Gasteiger partial charge on any atom is -0.492 e. The summed E-state index contributed by atoms with van der Waals surface area (Å²) in [6.07, 6.45) is 1.09. The second kappa shape index (κ2) is 11.5. The van der Waals surface area contributed by atoms with Crippen LogP contribution in [-0.2, 0) is 4.74 Å². The van der Waals surface area contributed by atoms with Crippen LogP contribution in [0.3, 0.4) is 0 Å². The minimum atomic E-state index is -0.909. The molecule has 0 saturated carbocycles. The summed E-state index contributed by atoms with van der Waals surface area (Å²) in [5, 5.41) is 3.23. The molecule has 2 rings (SSSR count). The van der Waals surface area contributed by atoms with Gasteiger partial charge < -0.3 is 19.7 Å². The van der Waals surface area contributed by atoms with Crippen LogP contribution < -0.4 is 10.1 Å². The normalized spacial score (nSPS) is 17.4. The Balaban J connectivity index is 0.00000312. The largest absolute Gasteiger partial charge is 0.492 e. The lowest BCUT2D eigenvalue weighted by atomic mass is 10.1. The molecule has 1 heterocycles. The van der Waals surface area contributed by atoms with E-state index in [1.807, 2.05) is 6.92 Å². The number of hydrogen-bond donors (Lipinski definition) is 1. The van der Waals surface area contributed by atoms with E-state index in [1.165, 1.54) is 6.07 Å². The number of halogens is 3. The summed E-state index contributed by atoms with van der Waals surface area (Å²) in [6.45, 7) is 6.25. The zero-order chi connectivity index (χ0) is 17.4. The van der Waals surface area contributed by atoms with Gasteiger partial charge in [-0.3, -0.25) is 4.99 Å². The minimum absolute atomic E-state index is 0. The van der Waals surface area contributed by atoms with Gasteiger partial charge >= 0.3 is 0 Å². The first-order valence-electron chi connectivity index (χ1n) is 8.25. The Hall–Kier alpha value is -1.16. The van der Waals surface area contributed by atoms with Crippen LogP contribution in [0.15, 0.2) is 23.2 Å². The predicted octanol–water partition coefficient (Wildman–Crippen LogP) is 2.90. The van der Waals surface area contributed by atoms with Crippen LogP contribution in [0.25, 0.3) is 0 Å². The second-order valence-electron chi connectivity index (χ2n) is 5.66. The lowest BCUT2D eigenvalue weighted by Gasteiger charge is -2.21. The third-order valence-electron chi connectivity index (χ3n) is 3.90. The van der Waals surface area contributed by atoms with Crippen molar-refractivity contribution in [2.45, 2.75) is 13.3 Å². The van der Waals surface area contributed by atoms with Gasteiger partial charge in [0, 0.05) is 38.7 Å². The lowest BCUT2D eigenvalue weighted by Crippen LogP contribution is -2.41. The third-order valence-corrected chi connectivity index (χ3v) is 3.90. The number of guanidine groups is 1. The van der Waals surface area contributed by atoms with Gasteiger partial charge in [0.2, 0.25) is 0 Å². The molecule has 0 radical (unpaired) electrons. The van der Waals surface area contributed by atoms with Crippen LogP contribution in [0.2, 0.25) is 0 Å². The molecule has 0 amide bonds. The van der Waals surface area contributed by atoms with E-state index in [4.69, 9.17) is 9.47 Å². The fourth-order valence-corrected chi connectivity index (χ4v) is 2.68. The number of hydrogen-bond acceptors (Lipinski definition) is 3. The van der Waals surface area contributed by atoms with E-state index in [0.29, 0.717) is 24.8 Å². The number of rotatable bonds is 7. The van der Waals surface area contributed by atoms with Gasteiger partial charge in [-0.25, -0.2) is 8.78 Å². The molecule has 1 aromatic rings. The molecule has 5 nitrogen and oxygen atoms in total. The van der Waals surface area contributed by atoms with Gasteiger partial charge in [-0.15, -0.1) is 24.0 Å². The molecular formula is C17H26F2IN3O2. The first-order chi connectivity index (χ1) is 11.6. The van der Waals surface area contributed by atoms with E-state index < -0.39 is 11.6 Å². The van der Waals surface area contributed by atoms with Gasteiger partial charge in [-0.05, 0) is 25.5 Å². The van der Waals surface area contributed by atoms with Crippen LogP contribution in [-0.4, -0.2) is 57.4 Å². The van der Waals surface area contributed by atoms with E-state index in [1.54, 1.807) is 7.05 Å². The van der Waals surface area contributed by atoms with Gasteiger partial charge in [0.25, 0.3) is 0 Å². The zero-order valence-corrected chi connectivity index (χ0v) is 17.0. The molecule has 1 saturated heterocycles. The number of ether oxygens (including phenoxy) is 2. The maximum atomic E-state index is 13.1. The molecule has 1 aromatic carbocycles. The summed E-state index contributed by atoms with van der Waals surface area (Å²) in [6, 6.07) is 3.51. The van der Waals surface area contributed by atoms with Crippen molar-refractivity contribution in [3.05, 3.63) is 29.8 Å². The number of aliphatic imine (C=N–C) groups is 1. The highest BCUT2D eigenvalue weighted by Crippen LogP contribution is 2.17. The number of nitrogens with one attached hydrogen (secondary N) is 1. The molecule has 0 aromatic heterocycles. The Morgan fingerprint density at radius 1 is 1.36 bits per heavy atom. The molecule has 1 unspecified atom stereocenters. The maximum absolute atomic E-state index is 13.1. The van der Waals surface area contributed by atoms with Crippen molar-refractivity contribution < 1.29 is 18.3 Å². The maximum Gasteiger partial charge on any atom is 0.193 e. The number of benzene rings is 1. The molecule has 142 valence electrons. The summed E-state index contributed by atoms with van der Waals surface area (Å²) < 4.78 is 36.8. The highest BCUT2D eigenvalue weighted by molar-refractivity contribution is 14.0. The summed E-state index contributed by atoms with van der Waals surface area (Å²) in [5.41, 5.74) is 0. The Morgan fingerprint density at radius 2 is 2.16 bits per heavy atom. The molecule has 1 N–H and O–H groups in total. The van der Waals surface area contributed by atoms with Gasteiger partial charge in [-0.1, -0.05) is 0 Å². The standard InChI is InChI=1S/C17H25F2N3O2.HI/c1-3-23-12-13-6-8-22(11-13)17(20-2)21-7-9-24-14-4-5-15(18)16(19)10-14;/h4-5,10,13H,3,6-9,11-12H2,1-2H3,(H,20,21);1H. The van der Waals surface area contributed by atoms with Crippen molar-refractivity contribution in [3.8, 4) is 5.75 Å². The quantitative estimate of drug-likeness (QED) is 0.289. The first kappa shape index (κ1) is 21.9. The summed E-state index contributed by atoms with van der Waals surface area (Å²) in [7, 11) is 1.74. The smallest absolute Gasteiger partial charge is 0.193 e. The molecular weight excluding hydrogens is 443 g/mol. The van der Waals surface area contributed by atoms with E-state index in [2.05, 4.69) is 15.2 Å². The lowest BCUT2D eigenvalue weighted by molar-refractivity contribution is 0.114. The highest BCUT2D eigenvalue weighted by Gasteiger charge is 2.24. The van der Waals surface area contributed by atoms with Crippen LogP contribution in [0.4, 0.5) is 8.78 Å². The second-order valence-corrected chi connectivity index (χ2v) is 5.66. The topological polar surface area (TPSA) is 46.1 Å². The van der Waals surface area contributed by atoms with Gasteiger partial charge in [0.05, 0.1) is 13.2 Å². The van der Waals surface area contributed by atoms with Crippen LogP contribution in [0, 0.1) is 17.6 Å². The van der Waals surface area contributed by atoms with Crippen LogP contribution in [0.5, 0.6) is 5.75 Å². The summed E-state index contributed by atoms with van der Waals surface area (Å²) in [4.78, 5) is 6.48. The van der Waals surface area contributed by atoms with Crippen molar-refractivity contribution in [1.29, 1.82) is 0 Å². The van der Waals surface area contributed by atoms with Gasteiger partial charge in [-0.2, -0.15) is 0 Å².